The van der Waals surface area contributed by atoms with Crippen molar-refractivity contribution in [2.45, 2.75) is 38.6 Å². The molecule has 2 unspecified atom stereocenters. The van der Waals surface area contributed by atoms with E-state index in [1.165, 1.54) is 17.5 Å². The monoisotopic (exact) mass is 442 g/mol. The van der Waals surface area contributed by atoms with E-state index in [1.54, 1.807) is 7.11 Å². The Morgan fingerprint density at radius 3 is 2.39 bits per heavy atom. The zero-order valence-corrected chi connectivity index (χ0v) is 19.6. The largest absolute Gasteiger partial charge is 0.496 e. The van der Waals surface area contributed by atoms with Gasteiger partial charge in [-0.05, 0) is 78.6 Å². The van der Waals surface area contributed by atoms with Gasteiger partial charge in [-0.2, -0.15) is 0 Å². The summed E-state index contributed by atoms with van der Waals surface area (Å²) in [6.07, 6.45) is 4.23. The second-order valence-electron chi connectivity index (χ2n) is 8.88. The Hall–Kier alpha value is -3.11. The summed E-state index contributed by atoms with van der Waals surface area (Å²) in [6, 6.07) is 24.8. The molecule has 0 saturated heterocycles. The molecule has 3 aromatic rings. The van der Waals surface area contributed by atoms with Gasteiger partial charge in [0.1, 0.15) is 5.75 Å². The highest BCUT2D eigenvalue weighted by molar-refractivity contribution is 5.94. The van der Waals surface area contributed by atoms with Crippen molar-refractivity contribution in [2.24, 2.45) is 5.92 Å². The SMILES string of the molecule is COc1cccc2c1CCC(C)C2NCCCCNC(=O)c1ccc(-c2ccccc2)cc1. The number of ether oxygens (including phenoxy) is 1. The van der Waals surface area contributed by atoms with Crippen LogP contribution in [0.1, 0.15) is 53.7 Å². The van der Waals surface area contributed by atoms with Crippen molar-refractivity contribution < 1.29 is 9.53 Å². The molecule has 1 aliphatic carbocycles. The predicted octanol–water partition coefficient (Wildman–Crippen LogP) is 5.79. The van der Waals surface area contributed by atoms with Gasteiger partial charge in [0, 0.05) is 18.2 Å². The number of methoxy groups -OCH3 is 1. The van der Waals surface area contributed by atoms with Crippen LogP contribution in [0, 0.1) is 5.92 Å². The average molecular weight is 443 g/mol. The van der Waals surface area contributed by atoms with E-state index >= 15 is 0 Å². The Bertz CT molecular complexity index is 1050. The summed E-state index contributed by atoms with van der Waals surface area (Å²) in [6.45, 7) is 3.95. The first-order valence-corrected chi connectivity index (χ1v) is 12.0. The van der Waals surface area contributed by atoms with E-state index in [2.05, 4.69) is 47.9 Å². The molecule has 0 heterocycles. The molecule has 2 N–H and O–H groups in total. The molecule has 4 nitrogen and oxygen atoms in total. The summed E-state index contributed by atoms with van der Waals surface area (Å²) in [5.41, 5.74) is 5.70. The number of nitrogens with one attached hydrogen (secondary N) is 2. The standard InChI is InChI=1S/C29H34N2O2/c1-21-13-18-25-26(11-8-12-27(25)33-2)28(21)30-19-6-7-20-31-29(32)24-16-14-23(15-17-24)22-9-4-3-5-10-22/h3-5,8-12,14-17,21,28,30H,6-7,13,18-20H2,1-2H3,(H,31,32). The van der Waals surface area contributed by atoms with Gasteiger partial charge in [0.05, 0.1) is 7.11 Å². The second-order valence-corrected chi connectivity index (χ2v) is 8.88. The predicted molar refractivity (Wildman–Crippen MR) is 135 cm³/mol. The van der Waals surface area contributed by atoms with Crippen LogP contribution in [0.4, 0.5) is 0 Å². The number of benzene rings is 3. The Balaban J connectivity index is 1.21. The summed E-state index contributed by atoms with van der Waals surface area (Å²) < 4.78 is 5.57. The Morgan fingerprint density at radius 1 is 0.909 bits per heavy atom. The summed E-state index contributed by atoms with van der Waals surface area (Å²) >= 11 is 0. The molecule has 1 amide bonds. The third-order valence-corrected chi connectivity index (χ3v) is 6.65. The molecule has 2 atom stereocenters. The molecule has 0 aromatic heterocycles. The van der Waals surface area contributed by atoms with Crippen molar-refractivity contribution in [3.8, 4) is 16.9 Å². The van der Waals surface area contributed by atoms with Gasteiger partial charge in [0.25, 0.3) is 5.91 Å². The van der Waals surface area contributed by atoms with Crippen LogP contribution in [0.2, 0.25) is 0 Å². The van der Waals surface area contributed by atoms with E-state index in [0.717, 1.165) is 42.7 Å². The van der Waals surface area contributed by atoms with Crippen LogP contribution in [-0.4, -0.2) is 26.1 Å². The third kappa shape index (κ3) is 5.63. The quantitative estimate of drug-likeness (QED) is 0.413. The Morgan fingerprint density at radius 2 is 1.64 bits per heavy atom. The number of hydrogen-bond donors (Lipinski definition) is 2. The number of hydrogen-bond acceptors (Lipinski definition) is 3. The molecule has 4 rings (SSSR count). The van der Waals surface area contributed by atoms with Gasteiger partial charge in [-0.1, -0.05) is 61.5 Å². The number of unbranched alkanes of at least 4 members (excludes halogenated alkanes) is 1. The zero-order valence-electron chi connectivity index (χ0n) is 19.6. The van der Waals surface area contributed by atoms with E-state index in [1.807, 2.05) is 42.5 Å². The first-order valence-electron chi connectivity index (χ1n) is 12.0. The van der Waals surface area contributed by atoms with Crippen LogP contribution in [0.15, 0.2) is 72.8 Å². The highest BCUT2D eigenvalue weighted by Crippen LogP contribution is 2.38. The molecule has 33 heavy (non-hydrogen) atoms. The van der Waals surface area contributed by atoms with Crippen LogP contribution >= 0.6 is 0 Å². The summed E-state index contributed by atoms with van der Waals surface area (Å²) in [7, 11) is 1.75. The van der Waals surface area contributed by atoms with Crippen LogP contribution in [0.25, 0.3) is 11.1 Å². The second kappa shape index (κ2) is 11.2. The number of carbonyl (C=O) groups excluding carboxylic acids is 1. The van der Waals surface area contributed by atoms with Gasteiger partial charge < -0.3 is 15.4 Å². The smallest absolute Gasteiger partial charge is 0.251 e. The molecule has 0 saturated carbocycles. The van der Waals surface area contributed by atoms with Gasteiger partial charge in [-0.15, -0.1) is 0 Å². The van der Waals surface area contributed by atoms with Gasteiger partial charge in [0.2, 0.25) is 0 Å². The van der Waals surface area contributed by atoms with Crippen molar-refractivity contribution in [3.63, 3.8) is 0 Å². The molecular formula is C29H34N2O2. The fraction of sp³-hybridized carbons (Fsp3) is 0.345. The van der Waals surface area contributed by atoms with Crippen molar-refractivity contribution >= 4 is 5.91 Å². The number of rotatable bonds is 9. The molecular weight excluding hydrogens is 408 g/mol. The van der Waals surface area contributed by atoms with E-state index in [-0.39, 0.29) is 5.91 Å². The fourth-order valence-corrected chi connectivity index (χ4v) is 4.75. The summed E-state index contributed by atoms with van der Waals surface area (Å²) in [5, 5.41) is 6.81. The third-order valence-electron chi connectivity index (χ3n) is 6.65. The highest BCUT2D eigenvalue weighted by Gasteiger charge is 2.27. The van der Waals surface area contributed by atoms with E-state index in [0.29, 0.717) is 24.1 Å². The number of amides is 1. The lowest BCUT2D eigenvalue weighted by molar-refractivity contribution is 0.0953. The molecule has 0 fully saturated rings. The topological polar surface area (TPSA) is 50.4 Å². The first kappa shape index (κ1) is 23.1. The highest BCUT2D eigenvalue weighted by atomic mass is 16.5. The Kier molecular flexibility index (Phi) is 7.79. The normalized spacial score (nSPS) is 17.3. The fourth-order valence-electron chi connectivity index (χ4n) is 4.75. The van der Waals surface area contributed by atoms with E-state index in [9.17, 15) is 4.79 Å². The molecule has 0 aliphatic heterocycles. The van der Waals surface area contributed by atoms with Gasteiger partial charge in [0.15, 0.2) is 0 Å². The minimum atomic E-state index is -0.00973. The van der Waals surface area contributed by atoms with Crippen molar-refractivity contribution in [1.82, 2.24) is 10.6 Å². The maximum atomic E-state index is 12.5. The van der Waals surface area contributed by atoms with Crippen LogP contribution in [-0.2, 0) is 6.42 Å². The van der Waals surface area contributed by atoms with Crippen LogP contribution in [0.3, 0.4) is 0 Å². The Labute approximate surface area is 197 Å². The lowest BCUT2D eigenvalue weighted by Gasteiger charge is -2.33. The summed E-state index contributed by atoms with van der Waals surface area (Å²) in [4.78, 5) is 12.5. The van der Waals surface area contributed by atoms with Gasteiger partial charge in [-0.3, -0.25) is 4.79 Å². The van der Waals surface area contributed by atoms with Crippen molar-refractivity contribution in [1.29, 1.82) is 0 Å². The summed E-state index contributed by atoms with van der Waals surface area (Å²) in [5.74, 6) is 1.60. The average Bonchev–Trinajstić information content (AvgIpc) is 2.87. The molecule has 0 spiro atoms. The number of carbonyl (C=O) groups is 1. The minimum Gasteiger partial charge on any atom is -0.496 e. The van der Waals surface area contributed by atoms with Crippen molar-refractivity contribution in [2.75, 3.05) is 20.2 Å². The maximum absolute atomic E-state index is 12.5. The van der Waals surface area contributed by atoms with Crippen molar-refractivity contribution in [3.05, 3.63) is 89.5 Å². The molecule has 3 aromatic carbocycles. The minimum absolute atomic E-state index is 0.00973. The van der Waals surface area contributed by atoms with Gasteiger partial charge in [-0.25, -0.2) is 0 Å². The lowest BCUT2D eigenvalue weighted by Crippen LogP contribution is -2.32. The lowest BCUT2D eigenvalue weighted by atomic mass is 9.80. The zero-order chi connectivity index (χ0) is 23.0. The number of fused-ring (bicyclic) bond motifs is 1. The molecule has 1 aliphatic rings. The van der Waals surface area contributed by atoms with Crippen LogP contribution < -0.4 is 15.4 Å². The molecule has 0 radical (unpaired) electrons. The molecule has 172 valence electrons. The maximum Gasteiger partial charge on any atom is 0.251 e. The van der Waals surface area contributed by atoms with E-state index in [4.69, 9.17) is 4.74 Å². The van der Waals surface area contributed by atoms with Gasteiger partial charge >= 0.3 is 0 Å². The first-order chi connectivity index (χ1) is 16.2. The van der Waals surface area contributed by atoms with Crippen LogP contribution in [0.5, 0.6) is 5.75 Å². The van der Waals surface area contributed by atoms with E-state index < -0.39 is 0 Å². The molecule has 0 bridgehead atoms. The molecule has 4 heteroatoms.